The maximum Gasteiger partial charge on any atom is 0.435 e. The molecule has 0 radical (unpaired) electrons. The number of carboxylic acid groups (broad SMARTS) is 1. The Labute approximate surface area is 324 Å². The van der Waals surface area contributed by atoms with Gasteiger partial charge in [0, 0.05) is 50.5 Å². The molecule has 5 aromatic rings. The van der Waals surface area contributed by atoms with E-state index in [-0.39, 0.29) is 31.2 Å². The number of hydrogen-bond donors (Lipinski definition) is 2. The highest BCUT2D eigenvalue weighted by Gasteiger charge is 2.42. The minimum atomic E-state index is -4.98. The van der Waals surface area contributed by atoms with E-state index in [0.29, 0.717) is 79.2 Å². The summed E-state index contributed by atoms with van der Waals surface area (Å²) in [6.07, 6.45) is -4.16. The molecular formula is C41H38F3N7O6. The van der Waals surface area contributed by atoms with Gasteiger partial charge >= 0.3 is 12.1 Å². The van der Waals surface area contributed by atoms with Gasteiger partial charge in [-0.3, -0.25) is 19.4 Å². The molecule has 0 unspecified atom stereocenters. The Kier molecular flexibility index (Phi) is 9.92. The Hall–Kier alpha value is -5.89. The second-order valence-corrected chi connectivity index (χ2v) is 14.7. The Morgan fingerprint density at radius 3 is 2.42 bits per heavy atom. The number of hydrogen-bond acceptors (Lipinski definition) is 11. The number of anilines is 1. The number of carbonyl (C=O) groups is 2. The predicted molar refractivity (Wildman–Crippen MR) is 200 cm³/mol. The molecular weight excluding hydrogens is 743 g/mol. The Bertz CT molecular complexity index is 2460. The van der Waals surface area contributed by atoms with Gasteiger partial charge in [-0.15, -0.1) is 0 Å². The number of methoxy groups -OCH3 is 1. The van der Waals surface area contributed by atoms with Crippen LogP contribution in [-0.4, -0.2) is 92.8 Å². The molecule has 3 aromatic carbocycles. The minimum absolute atomic E-state index is 0.0293. The highest BCUT2D eigenvalue weighted by atomic mass is 19.4. The van der Waals surface area contributed by atoms with Gasteiger partial charge in [0.05, 0.1) is 24.7 Å². The summed E-state index contributed by atoms with van der Waals surface area (Å²) >= 11 is 0. The fourth-order valence-electron chi connectivity index (χ4n) is 8.24. The third kappa shape index (κ3) is 7.18. The van der Waals surface area contributed by atoms with Crippen LogP contribution in [0.25, 0.3) is 33.7 Å². The van der Waals surface area contributed by atoms with Crippen LogP contribution in [0, 0.1) is 24.2 Å². The monoisotopic (exact) mass is 781 g/mol. The maximum atomic E-state index is 14.5. The largest absolute Gasteiger partial charge is 0.481 e. The van der Waals surface area contributed by atoms with Crippen molar-refractivity contribution in [2.75, 3.05) is 44.7 Å². The standard InChI is InChI=1S/C41H38F3N7O6/c1-22-27(5-3-6-28(22)37-47-31-16-23(15-25(17-45)35(31)57-37)18-49-12-9-24(19-49)40(54)55)29-7-4-8-33-30(29)11-14-51(33)39(53)34-36(41(42,43)44)46-32(38(48-34)56-2)21-50-13-10-26(52)20-50/h3-8,15-16,24,26,52H,9-14,18-21H2,1-2H3,(H,54,55)/t24-,26-/m1/s1. The fraction of sp³-hybridized carbons (Fsp3) is 0.366. The number of halogens is 3. The summed E-state index contributed by atoms with van der Waals surface area (Å²) in [5, 5.41) is 29.3. The van der Waals surface area contributed by atoms with Crippen LogP contribution in [-0.2, 0) is 30.5 Å². The summed E-state index contributed by atoms with van der Waals surface area (Å²) < 4.78 is 55.1. The maximum absolute atomic E-state index is 14.5. The summed E-state index contributed by atoms with van der Waals surface area (Å²) in [4.78, 5) is 43.4. The van der Waals surface area contributed by atoms with E-state index in [2.05, 4.69) is 16.0 Å². The van der Waals surface area contributed by atoms with Crippen molar-refractivity contribution in [1.29, 1.82) is 5.26 Å². The van der Waals surface area contributed by atoms with E-state index < -0.39 is 41.5 Å². The summed E-state index contributed by atoms with van der Waals surface area (Å²) in [6, 6.07) is 16.7. The van der Waals surface area contributed by atoms with Crippen LogP contribution in [0.15, 0.2) is 52.9 Å². The first-order valence-electron chi connectivity index (χ1n) is 18.6. The van der Waals surface area contributed by atoms with Gasteiger partial charge in [-0.2, -0.15) is 18.4 Å². The number of ether oxygens (including phenoxy) is 1. The normalized spacial score (nSPS) is 18.6. The molecule has 2 saturated heterocycles. The highest BCUT2D eigenvalue weighted by molar-refractivity contribution is 6.07. The average Bonchev–Trinajstić information content (AvgIpc) is 4.01. The van der Waals surface area contributed by atoms with Gasteiger partial charge in [-0.1, -0.05) is 24.3 Å². The van der Waals surface area contributed by atoms with Crippen LogP contribution in [0.1, 0.15) is 57.0 Å². The molecule has 0 aliphatic carbocycles. The molecule has 57 heavy (non-hydrogen) atoms. The van der Waals surface area contributed by atoms with Gasteiger partial charge in [0.15, 0.2) is 17.0 Å². The molecule has 1 amide bonds. The summed E-state index contributed by atoms with van der Waals surface area (Å²) in [7, 11) is 1.26. The van der Waals surface area contributed by atoms with E-state index in [1.54, 1.807) is 23.1 Å². The van der Waals surface area contributed by atoms with Crippen molar-refractivity contribution < 1.29 is 42.1 Å². The molecule has 294 valence electrons. The van der Waals surface area contributed by atoms with E-state index in [1.807, 2.05) is 42.2 Å². The van der Waals surface area contributed by atoms with Crippen LogP contribution in [0.3, 0.4) is 0 Å². The SMILES string of the molecule is COc1nc(C(=O)N2CCc3c(-c4cccc(-c5nc6cc(CN7CC[C@@H](C(=O)O)C7)cc(C#N)c6o5)c4C)cccc32)c(C(F)(F)F)nc1CN1CC[C@@H](O)C1. The van der Waals surface area contributed by atoms with Gasteiger partial charge in [-0.05, 0) is 84.8 Å². The molecule has 2 aromatic heterocycles. The number of aliphatic hydroxyl groups is 1. The first kappa shape index (κ1) is 38.0. The smallest absolute Gasteiger partial charge is 0.435 e. The van der Waals surface area contributed by atoms with E-state index in [9.17, 15) is 38.2 Å². The van der Waals surface area contributed by atoms with Crippen LogP contribution in [0.2, 0.25) is 0 Å². The topological polar surface area (TPSA) is 169 Å². The number of nitrogens with zero attached hydrogens (tertiary/aromatic N) is 7. The number of carbonyl (C=O) groups excluding carboxylic acids is 1. The number of β-amino-alcohol motifs (C(OH)–C–C–N with tert-alkyl or cyclic N) is 1. The molecule has 2 atom stereocenters. The van der Waals surface area contributed by atoms with Crippen molar-refractivity contribution >= 4 is 28.7 Å². The quantitative estimate of drug-likeness (QED) is 0.184. The lowest BCUT2D eigenvalue weighted by Gasteiger charge is -2.22. The zero-order chi connectivity index (χ0) is 40.2. The van der Waals surface area contributed by atoms with Crippen LogP contribution >= 0.6 is 0 Å². The van der Waals surface area contributed by atoms with E-state index in [0.717, 1.165) is 27.8 Å². The van der Waals surface area contributed by atoms with Crippen LogP contribution in [0.4, 0.5) is 18.9 Å². The molecule has 5 heterocycles. The van der Waals surface area contributed by atoms with Crippen molar-refractivity contribution in [1.82, 2.24) is 24.8 Å². The van der Waals surface area contributed by atoms with Gasteiger partial charge in [0.1, 0.15) is 17.3 Å². The van der Waals surface area contributed by atoms with Crippen LogP contribution in [0.5, 0.6) is 5.88 Å². The number of benzene rings is 3. The van der Waals surface area contributed by atoms with Gasteiger partial charge in [0.2, 0.25) is 11.8 Å². The van der Waals surface area contributed by atoms with Gasteiger partial charge in [-0.25, -0.2) is 15.0 Å². The summed E-state index contributed by atoms with van der Waals surface area (Å²) in [5.74, 6) is -2.09. The molecule has 3 aliphatic rings. The Balaban J connectivity index is 1.10. The number of aliphatic hydroxyl groups excluding tert-OH is 1. The number of nitriles is 1. The number of oxazole rings is 1. The predicted octanol–water partition coefficient (Wildman–Crippen LogP) is 5.84. The number of rotatable bonds is 9. The summed E-state index contributed by atoms with van der Waals surface area (Å²) in [6.45, 7) is 4.27. The number of aliphatic carboxylic acids is 1. The number of carboxylic acids is 1. The molecule has 3 aliphatic heterocycles. The first-order valence-corrected chi connectivity index (χ1v) is 18.6. The number of likely N-dealkylation sites (tertiary alicyclic amines) is 2. The molecule has 2 fully saturated rings. The van der Waals surface area contributed by atoms with Crippen molar-refractivity contribution in [2.24, 2.45) is 5.92 Å². The molecule has 0 spiro atoms. The molecule has 0 saturated carbocycles. The molecule has 0 bridgehead atoms. The van der Waals surface area contributed by atoms with E-state index in [1.165, 1.54) is 12.0 Å². The zero-order valence-corrected chi connectivity index (χ0v) is 31.1. The third-order valence-electron chi connectivity index (χ3n) is 11.0. The number of fused-ring (bicyclic) bond motifs is 2. The van der Waals surface area contributed by atoms with Crippen LogP contribution < -0.4 is 9.64 Å². The fourth-order valence-corrected chi connectivity index (χ4v) is 8.24. The molecule has 8 rings (SSSR count). The number of amides is 1. The van der Waals surface area contributed by atoms with Crippen molar-refractivity contribution in [3.8, 4) is 34.5 Å². The minimum Gasteiger partial charge on any atom is -0.481 e. The lowest BCUT2D eigenvalue weighted by atomic mass is 9.92. The third-order valence-corrected chi connectivity index (χ3v) is 11.0. The summed E-state index contributed by atoms with van der Waals surface area (Å²) in [5.41, 5.74) is 3.90. The Morgan fingerprint density at radius 2 is 1.72 bits per heavy atom. The zero-order valence-electron chi connectivity index (χ0n) is 31.1. The Morgan fingerprint density at radius 1 is 0.982 bits per heavy atom. The number of alkyl halides is 3. The first-order chi connectivity index (χ1) is 27.3. The van der Waals surface area contributed by atoms with E-state index >= 15 is 0 Å². The van der Waals surface area contributed by atoms with Crippen molar-refractivity contribution in [3.63, 3.8) is 0 Å². The average molecular weight is 782 g/mol. The molecule has 16 heteroatoms. The lowest BCUT2D eigenvalue weighted by Crippen LogP contribution is -2.33. The second-order valence-electron chi connectivity index (χ2n) is 14.7. The lowest BCUT2D eigenvalue weighted by molar-refractivity contribution is -0.142. The molecule has 2 N–H and O–H groups in total. The molecule has 13 nitrogen and oxygen atoms in total. The van der Waals surface area contributed by atoms with Crippen molar-refractivity contribution in [3.05, 3.63) is 87.9 Å². The van der Waals surface area contributed by atoms with Gasteiger partial charge in [0.25, 0.3) is 5.91 Å². The second kappa shape index (κ2) is 14.9. The van der Waals surface area contributed by atoms with Gasteiger partial charge < -0.3 is 24.3 Å². The van der Waals surface area contributed by atoms with Crippen molar-refractivity contribution in [2.45, 2.75) is 51.6 Å². The highest BCUT2D eigenvalue weighted by Crippen LogP contribution is 2.42. The van der Waals surface area contributed by atoms with E-state index in [4.69, 9.17) is 14.1 Å². The number of aromatic nitrogens is 3.